The predicted octanol–water partition coefficient (Wildman–Crippen LogP) is 2.70. The Balaban J connectivity index is 2.39. The predicted molar refractivity (Wildman–Crippen MR) is 95.0 cm³/mol. The lowest BCUT2D eigenvalue weighted by molar-refractivity contribution is 0.100. The number of Topliss-reactive ketones (excluding diaryl/α,β-unsaturated/α-hetero) is 1. The fourth-order valence-electron chi connectivity index (χ4n) is 2.15. The first-order chi connectivity index (χ1) is 11.2. The van der Waals surface area contributed by atoms with Crippen LogP contribution in [0, 0.1) is 5.82 Å². The Morgan fingerprint density at radius 3 is 2.50 bits per heavy atom. The molecule has 0 saturated heterocycles. The maximum atomic E-state index is 14.3. The van der Waals surface area contributed by atoms with E-state index < -0.39 is 15.8 Å². The second-order valence-corrected chi connectivity index (χ2v) is 8.01. The minimum atomic E-state index is -3.62. The average molecular weight is 415 g/mol. The fraction of sp³-hybridized carbons (Fsp3) is 0.188. The molecule has 0 spiro atoms. The zero-order valence-corrected chi connectivity index (χ0v) is 15.3. The summed E-state index contributed by atoms with van der Waals surface area (Å²) in [7, 11) is -3.62. The van der Waals surface area contributed by atoms with E-state index in [2.05, 4.69) is 15.9 Å². The second-order valence-electron chi connectivity index (χ2n) is 5.18. The van der Waals surface area contributed by atoms with E-state index in [1.54, 1.807) is 24.3 Å². The Labute approximate surface area is 148 Å². The van der Waals surface area contributed by atoms with Gasteiger partial charge >= 0.3 is 0 Å². The zero-order valence-electron chi connectivity index (χ0n) is 12.9. The first-order valence-corrected chi connectivity index (χ1v) is 9.61. The minimum absolute atomic E-state index is 0.159. The van der Waals surface area contributed by atoms with Crippen LogP contribution >= 0.6 is 15.9 Å². The van der Waals surface area contributed by atoms with E-state index >= 15 is 0 Å². The summed E-state index contributed by atoms with van der Waals surface area (Å²) in [4.78, 5) is 11.5. The van der Waals surface area contributed by atoms with Crippen molar-refractivity contribution in [3.05, 3.63) is 63.9 Å². The van der Waals surface area contributed by atoms with Gasteiger partial charge in [-0.3, -0.25) is 9.10 Å². The summed E-state index contributed by atoms with van der Waals surface area (Å²) in [6, 6.07) is 10.6. The van der Waals surface area contributed by atoms with Crippen LogP contribution in [0.3, 0.4) is 0 Å². The Morgan fingerprint density at radius 1 is 1.25 bits per heavy atom. The molecular weight excluding hydrogens is 399 g/mol. The van der Waals surface area contributed by atoms with Gasteiger partial charge in [0.25, 0.3) is 0 Å². The van der Waals surface area contributed by atoms with Gasteiger partial charge in [-0.1, -0.05) is 34.1 Å². The quantitative estimate of drug-likeness (QED) is 0.736. The Morgan fingerprint density at radius 2 is 1.96 bits per heavy atom. The smallest absolute Gasteiger partial charge is 0.232 e. The lowest BCUT2D eigenvalue weighted by Crippen LogP contribution is -2.29. The Kier molecular flexibility index (Phi) is 5.74. The van der Waals surface area contributed by atoms with Crippen molar-refractivity contribution < 1.29 is 17.6 Å². The van der Waals surface area contributed by atoms with Crippen LogP contribution < -0.4 is 10.0 Å². The van der Waals surface area contributed by atoms with Gasteiger partial charge in [-0.15, -0.1) is 0 Å². The molecule has 0 aliphatic rings. The van der Waals surface area contributed by atoms with Gasteiger partial charge in [0.05, 0.1) is 25.0 Å². The number of hydrogen-bond acceptors (Lipinski definition) is 4. The molecule has 24 heavy (non-hydrogen) atoms. The highest BCUT2D eigenvalue weighted by Crippen LogP contribution is 2.25. The molecule has 0 fully saturated rings. The third-order valence-electron chi connectivity index (χ3n) is 3.37. The molecule has 2 N–H and O–H groups in total. The molecule has 8 heteroatoms. The maximum Gasteiger partial charge on any atom is 0.232 e. The topological polar surface area (TPSA) is 80.5 Å². The largest absolute Gasteiger partial charge is 0.324 e. The number of ketones is 1. The number of anilines is 1. The number of nitrogens with zero attached hydrogens (tertiary/aromatic N) is 1. The maximum absolute atomic E-state index is 14.3. The fourth-order valence-corrected chi connectivity index (χ4v) is 3.41. The van der Waals surface area contributed by atoms with Crippen molar-refractivity contribution in [1.82, 2.24) is 0 Å². The summed E-state index contributed by atoms with van der Waals surface area (Å²) in [5.74, 6) is -1.04. The van der Waals surface area contributed by atoms with Gasteiger partial charge in [-0.05, 0) is 24.3 Å². The summed E-state index contributed by atoms with van der Waals surface area (Å²) in [6.07, 6.45) is 1.05. The average Bonchev–Trinajstić information content (AvgIpc) is 2.51. The molecule has 0 aliphatic heterocycles. The SMILES string of the molecule is CS(=O)(=O)N(Cc1ccc(C(=O)CN)cc1F)c1cccc(Br)c1. The van der Waals surface area contributed by atoms with E-state index in [1.165, 1.54) is 12.1 Å². The highest BCUT2D eigenvalue weighted by Gasteiger charge is 2.20. The van der Waals surface area contributed by atoms with Crippen molar-refractivity contribution in [2.75, 3.05) is 17.1 Å². The van der Waals surface area contributed by atoms with Gasteiger partial charge in [0.15, 0.2) is 5.78 Å². The molecule has 128 valence electrons. The van der Waals surface area contributed by atoms with E-state index in [1.807, 2.05) is 0 Å². The van der Waals surface area contributed by atoms with Crippen LogP contribution in [0.4, 0.5) is 10.1 Å². The van der Waals surface area contributed by atoms with Crippen molar-refractivity contribution in [2.45, 2.75) is 6.54 Å². The number of hydrogen-bond donors (Lipinski definition) is 1. The van der Waals surface area contributed by atoms with Crippen LogP contribution in [-0.2, 0) is 16.6 Å². The van der Waals surface area contributed by atoms with Gasteiger partial charge in [0, 0.05) is 15.6 Å². The number of nitrogens with two attached hydrogens (primary N) is 1. The van der Waals surface area contributed by atoms with Crippen LogP contribution in [0.25, 0.3) is 0 Å². The number of sulfonamides is 1. The van der Waals surface area contributed by atoms with E-state index in [4.69, 9.17) is 5.73 Å². The number of halogens is 2. The van der Waals surface area contributed by atoms with Crippen molar-refractivity contribution >= 4 is 37.4 Å². The molecule has 2 aromatic carbocycles. The van der Waals surface area contributed by atoms with Crippen LogP contribution in [0.15, 0.2) is 46.9 Å². The zero-order chi connectivity index (χ0) is 17.9. The Hall–Kier alpha value is -1.77. The van der Waals surface area contributed by atoms with E-state index in [0.29, 0.717) is 10.2 Å². The number of carbonyl (C=O) groups is 1. The van der Waals surface area contributed by atoms with Crippen LogP contribution in [-0.4, -0.2) is 27.0 Å². The van der Waals surface area contributed by atoms with Gasteiger partial charge in [0.1, 0.15) is 5.82 Å². The molecule has 0 amide bonds. The number of rotatable bonds is 6. The number of benzene rings is 2. The molecule has 0 bridgehead atoms. The number of carbonyl (C=O) groups excluding carboxylic acids is 1. The van der Waals surface area contributed by atoms with Crippen LogP contribution in [0.2, 0.25) is 0 Å². The molecule has 2 aromatic rings. The second kappa shape index (κ2) is 7.42. The van der Waals surface area contributed by atoms with E-state index in [9.17, 15) is 17.6 Å². The highest BCUT2D eigenvalue weighted by atomic mass is 79.9. The van der Waals surface area contributed by atoms with Crippen molar-refractivity contribution in [1.29, 1.82) is 0 Å². The molecule has 0 aromatic heterocycles. The highest BCUT2D eigenvalue weighted by molar-refractivity contribution is 9.10. The summed E-state index contributed by atoms with van der Waals surface area (Å²) in [5, 5.41) is 0. The molecule has 2 rings (SSSR count). The van der Waals surface area contributed by atoms with Crippen molar-refractivity contribution in [3.63, 3.8) is 0 Å². The lowest BCUT2D eigenvalue weighted by Gasteiger charge is -2.23. The summed E-state index contributed by atoms with van der Waals surface area (Å²) >= 11 is 3.29. The first-order valence-electron chi connectivity index (χ1n) is 6.97. The van der Waals surface area contributed by atoms with E-state index in [0.717, 1.165) is 16.6 Å². The Bertz CT molecular complexity index is 871. The van der Waals surface area contributed by atoms with Crippen LogP contribution in [0.5, 0.6) is 0 Å². The normalized spacial score (nSPS) is 11.3. The van der Waals surface area contributed by atoms with Crippen molar-refractivity contribution in [3.8, 4) is 0 Å². The van der Waals surface area contributed by atoms with Crippen LogP contribution in [0.1, 0.15) is 15.9 Å². The minimum Gasteiger partial charge on any atom is -0.324 e. The molecular formula is C16H16BrFN2O3S. The molecule has 0 heterocycles. The molecule has 0 radical (unpaired) electrons. The molecule has 5 nitrogen and oxygen atoms in total. The molecule has 0 atom stereocenters. The monoisotopic (exact) mass is 414 g/mol. The lowest BCUT2D eigenvalue weighted by atomic mass is 10.1. The third-order valence-corrected chi connectivity index (χ3v) is 5.00. The molecule has 0 aliphatic carbocycles. The van der Waals surface area contributed by atoms with Gasteiger partial charge in [-0.2, -0.15) is 0 Å². The third kappa shape index (κ3) is 4.40. The van der Waals surface area contributed by atoms with Gasteiger partial charge in [0.2, 0.25) is 10.0 Å². The first kappa shape index (κ1) is 18.6. The van der Waals surface area contributed by atoms with Crippen molar-refractivity contribution in [2.24, 2.45) is 5.73 Å². The van der Waals surface area contributed by atoms with Gasteiger partial charge in [-0.25, -0.2) is 12.8 Å². The standard InChI is InChI=1S/C16H16BrFN2O3S/c1-24(22,23)20(14-4-2-3-13(17)8-14)10-12-6-5-11(7-15(12)18)16(21)9-19/h2-8H,9-10,19H2,1H3. The summed E-state index contributed by atoms with van der Waals surface area (Å²) in [6.45, 7) is -0.398. The van der Waals surface area contributed by atoms with Gasteiger partial charge < -0.3 is 5.73 Å². The summed E-state index contributed by atoms with van der Waals surface area (Å²) < 4.78 is 40.3. The van der Waals surface area contributed by atoms with E-state index in [-0.39, 0.29) is 30.0 Å². The molecule has 0 saturated carbocycles. The molecule has 0 unspecified atom stereocenters. The summed E-state index contributed by atoms with van der Waals surface area (Å²) in [5.41, 5.74) is 5.99.